The third-order valence-electron chi connectivity index (χ3n) is 5.27. The third kappa shape index (κ3) is 1.79. The van der Waals surface area contributed by atoms with Gasteiger partial charge in [-0.25, -0.2) is 0 Å². The van der Waals surface area contributed by atoms with Crippen LogP contribution < -0.4 is 10.6 Å². The number of benzene rings is 1. The Balaban J connectivity index is 2.12. The molecule has 1 aliphatic carbocycles. The summed E-state index contributed by atoms with van der Waals surface area (Å²) in [5.41, 5.74) is 5.35. The first-order chi connectivity index (χ1) is 12.5. The van der Waals surface area contributed by atoms with Gasteiger partial charge in [0, 0.05) is 18.4 Å². The van der Waals surface area contributed by atoms with Crippen LogP contribution >= 0.6 is 0 Å². The lowest BCUT2D eigenvalue weighted by Crippen LogP contribution is -2.49. The van der Waals surface area contributed by atoms with Gasteiger partial charge < -0.3 is 15.6 Å². The summed E-state index contributed by atoms with van der Waals surface area (Å²) in [4.78, 5) is 27.6. The second kappa shape index (κ2) is 5.44. The number of ether oxygens (including phenoxy) is 1. The van der Waals surface area contributed by atoms with Gasteiger partial charge in [0.25, 0.3) is 0 Å². The van der Waals surface area contributed by atoms with E-state index in [4.69, 9.17) is 10.5 Å². The second-order valence-corrected chi connectivity index (χ2v) is 6.83. The van der Waals surface area contributed by atoms with Crippen molar-refractivity contribution in [1.82, 2.24) is 0 Å². The molecular formula is C19H17N3O4. The van der Waals surface area contributed by atoms with Crippen molar-refractivity contribution in [2.45, 2.75) is 25.2 Å². The zero-order chi connectivity index (χ0) is 18.6. The largest absolute Gasteiger partial charge is 0.444 e. The molecule has 0 radical (unpaired) electrons. The van der Waals surface area contributed by atoms with E-state index in [-0.39, 0.29) is 35.2 Å². The summed E-state index contributed by atoms with van der Waals surface area (Å²) in [7, 11) is 0. The third-order valence-corrected chi connectivity index (χ3v) is 5.27. The fourth-order valence-corrected chi connectivity index (χ4v) is 4.29. The molecule has 3 aliphatic rings. The van der Waals surface area contributed by atoms with Crippen molar-refractivity contribution in [2.24, 2.45) is 11.7 Å². The number of Topliss-reactive ketones (excluding diaryl/α,β-unsaturated/α-hetero) is 1. The van der Waals surface area contributed by atoms with Crippen molar-refractivity contribution >= 4 is 17.4 Å². The van der Waals surface area contributed by atoms with E-state index in [2.05, 4.69) is 0 Å². The van der Waals surface area contributed by atoms with Crippen LogP contribution in [0.15, 0.2) is 47.1 Å². The number of ketones is 1. The SMILES string of the molecule is C[C@@H]1CC(=O)C2=C(C1)OC(N)=C(C#N)[C@]21C(=O)N(CO)c2ccccc21. The molecule has 1 spiro atoms. The molecule has 2 atom stereocenters. The lowest BCUT2D eigenvalue weighted by atomic mass is 9.64. The van der Waals surface area contributed by atoms with Gasteiger partial charge in [-0.1, -0.05) is 25.1 Å². The first-order valence-electron chi connectivity index (χ1n) is 8.34. The Morgan fingerprint density at radius 3 is 2.81 bits per heavy atom. The van der Waals surface area contributed by atoms with E-state index in [1.54, 1.807) is 24.3 Å². The van der Waals surface area contributed by atoms with E-state index in [0.29, 0.717) is 23.4 Å². The number of amides is 1. The average molecular weight is 351 g/mol. The number of rotatable bonds is 1. The number of nitrogens with two attached hydrogens (primary N) is 1. The Labute approximate surface area is 150 Å². The molecule has 2 aliphatic heterocycles. The van der Waals surface area contributed by atoms with Crippen molar-refractivity contribution in [2.75, 3.05) is 11.6 Å². The molecule has 1 aromatic carbocycles. The Morgan fingerprint density at radius 2 is 2.12 bits per heavy atom. The summed E-state index contributed by atoms with van der Waals surface area (Å²) < 4.78 is 5.61. The highest BCUT2D eigenvalue weighted by Gasteiger charge is 2.62. The molecule has 0 unspecified atom stereocenters. The predicted octanol–water partition coefficient (Wildman–Crippen LogP) is 1.20. The highest BCUT2D eigenvalue weighted by Crippen LogP contribution is 2.55. The van der Waals surface area contributed by atoms with Crippen LogP contribution in [0.25, 0.3) is 0 Å². The summed E-state index contributed by atoms with van der Waals surface area (Å²) in [6, 6.07) is 8.80. The molecule has 0 aromatic heterocycles. The molecule has 0 bridgehead atoms. The summed E-state index contributed by atoms with van der Waals surface area (Å²) >= 11 is 0. The van der Waals surface area contributed by atoms with Crippen LogP contribution in [0.5, 0.6) is 0 Å². The van der Waals surface area contributed by atoms with Crippen LogP contribution in [0.4, 0.5) is 5.69 Å². The van der Waals surface area contributed by atoms with E-state index in [0.717, 1.165) is 0 Å². The summed E-state index contributed by atoms with van der Waals surface area (Å²) in [6.07, 6.45) is 0.716. The number of carbonyl (C=O) groups excluding carboxylic acids is 2. The summed E-state index contributed by atoms with van der Waals surface area (Å²) in [6.45, 7) is 1.35. The molecule has 4 rings (SSSR count). The predicted molar refractivity (Wildman–Crippen MR) is 91.0 cm³/mol. The fourth-order valence-electron chi connectivity index (χ4n) is 4.29. The van der Waals surface area contributed by atoms with Gasteiger partial charge in [-0.15, -0.1) is 0 Å². The van der Waals surface area contributed by atoms with Gasteiger partial charge >= 0.3 is 0 Å². The molecule has 0 saturated carbocycles. The van der Waals surface area contributed by atoms with Crippen molar-refractivity contribution in [3.63, 3.8) is 0 Å². The molecule has 2 heterocycles. The van der Waals surface area contributed by atoms with Crippen molar-refractivity contribution in [3.8, 4) is 6.07 Å². The van der Waals surface area contributed by atoms with Gasteiger partial charge in [-0.05, 0) is 12.0 Å². The van der Waals surface area contributed by atoms with Crippen LogP contribution in [0.1, 0.15) is 25.3 Å². The quantitative estimate of drug-likeness (QED) is 0.785. The number of hydrogen-bond acceptors (Lipinski definition) is 6. The van der Waals surface area contributed by atoms with Crippen LogP contribution in [-0.4, -0.2) is 23.5 Å². The van der Waals surface area contributed by atoms with E-state index < -0.39 is 18.1 Å². The van der Waals surface area contributed by atoms with E-state index in [9.17, 15) is 20.0 Å². The van der Waals surface area contributed by atoms with Crippen LogP contribution in [0.2, 0.25) is 0 Å². The number of nitriles is 1. The lowest BCUT2D eigenvalue weighted by molar-refractivity contribution is -0.125. The monoisotopic (exact) mass is 351 g/mol. The smallest absolute Gasteiger partial charge is 0.249 e. The highest BCUT2D eigenvalue weighted by atomic mass is 16.5. The van der Waals surface area contributed by atoms with Crippen LogP contribution in [0.3, 0.4) is 0 Å². The van der Waals surface area contributed by atoms with Gasteiger partial charge in [-0.3, -0.25) is 14.5 Å². The maximum absolute atomic E-state index is 13.5. The van der Waals surface area contributed by atoms with Crippen molar-refractivity contribution in [3.05, 3.63) is 52.6 Å². The molecule has 26 heavy (non-hydrogen) atoms. The van der Waals surface area contributed by atoms with E-state index in [1.807, 2.05) is 13.0 Å². The number of nitrogens with zero attached hydrogens (tertiary/aromatic N) is 2. The molecule has 0 saturated heterocycles. The van der Waals surface area contributed by atoms with Gasteiger partial charge in [0.15, 0.2) is 5.78 Å². The van der Waals surface area contributed by atoms with Crippen molar-refractivity contribution in [1.29, 1.82) is 5.26 Å². The Bertz CT molecular complexity index is 956. The van der Waals surface area contributed by atoms with Gasteiger partial charge in [0.05, 0.1) is 11.3 Å². The van der Waals surface area contributed by atoms with Gasteiger partial charge in [-0.2, -0.15) is 5.26 Å². The van der Waals surface area contributed by atoms with E-state index >= 15 is 0 Å². The topological polar surface area (TPSA) is 117 Å². The number of para-hydroxylation sites is 1. The van der Waals surface area contributed by atoms with Gasteiger partial charge in [0.1, 0.15) is 29.5 Å². The molecule has 7 heteroatoms. The lowest BCUT2D eigenvalue weighted by Gasteiger charge is -2.38. The van der Waals surface area contributed by atoms with Gasteiger partial charge in [0.2, 0.25) is 11.8 Å². The molecule has 0 fully saturated rings. The first kappa shape index (κ1) is 16.4. The van der Waals surface area contributed by atoms with Crippen molar-refractivity contribution < 1.29 is 19.4 Å². The Kier molecular flexibility index (Phi) is 3.43. The molecule has 1 aromatic rings. The number of anilines is 1. The maximum atomic E-state index is 13.5. The number of fused-ring (bicyclic) bond motifs is 3. The highest BCUT2D eigenvalue weighted by molar-refractivity contribution is 6.19. The molecule has 3 N–H and O–H groups in total. The molecule has 7 nitrogen and oxygen atoms in total. The number of carbonyl (C=O) groups is 2. The zero-order valence-corrected chi connectivity index (χ0v) is 14.2. The number of aliphatic hydroxyl groups excluding tert-OH is 1. The average Bonchev–Trinajstić information content (AvgIpc) is 2.84. The van der Waals surface area contributed by atoms with E-state index in [1.165, 1.54) is 4.90 Å². The Morgan fingerprint density at radius 1 is 1.38 bits per heavy atom. The normalized spacial score (nSPS) is 27.4. The zero-order valence-electron chi connectivity index (χ0n) is 14.2. The Hall–Kier alpha value is -3.11. The maximum Gasteiger partial charge on any atom is 0.249 e. The minimum atomic E-state index is -1.65. The molecule has 132 valence electrons. The minimum Gasteiger partial charge on any atom is -0.444 e. The second-order valence-electron chi connectivity index (χ2n) is 6.83. The molecular weight excluding hydrogens is 334 g/mol. The number of aliphatic hydroxyl groups is 1. The summed E-state index contributed by atoms with van der Waals surface area (Å²) in [5, 5.41) is 19.6. The summed E-state index contributed by atoms with van der Waals surface area (Å²) in [5.74, 6) is -0.568. The minimum absolute atomic E-state index is 0.0513. The number of allylic oxidation sites excluding steroid dienone is 1. The molecule has 1 amide bonds. The van der Waals surface area contributed by atoms with Crippen LogP contribution in [-0.2, 0) is 19.7 Å². The standard InChI is InChI=1S/C19H17N3O4/c1-10-6-14(24)16-15(7-10)26-17(21)12(8-20)19(16)11-4-2-3-5-13(11)22(9-23)18(19)25/h2-5,10,23H,6-7,9,21H2,1H3/t10-,19+/m1/s1. The van der Waals surface area contributed by atoms with Crippen LogP contribution in [0, 0.1) is 17.2 Å². The first-order valence-corrected chi connectivity index (χ1v) is 8.34. The fraction of sp³-hybridized carbons (Fsp3) is 0.316. The number of hydrogen-bond donors (Lipinski definition) is 2.